The molecule has 0 bridgehead atoms. The number of urea groups is 1. The monoisotopic (exact) mass is 331 g/mol. The molecule has 1 aliphatic rings. The molecular weight excluding hydrogens is 321 g/mol. The molecule has 6 nitrogen and oxygen atoms in total. The fourth-order valence-corrected chi connectivity index (χ4v) is 2.95. The summed E-state index contributed by atoms with van der Waals surface area (Å²) in [7, 11) is -3.49. The van der Waals surface area contributed by atoms with E-state index in [1.807, 2.05) is 0 Å². The number of hydrogen-bond donors (Lipinski definition) is 2. The van der Waals surface area contributed by atoms with Crippen molar-refractivity contribution in [3.63, 3.8) is 0 Å². The van der Waals surface area contributed by atoms with Crippen LogP contribution in [0.15, 0.2) is 33.5 Å². The predicted octanol–water partition coefficient (Wildman–Crippen LogP) is 2.65. The van der Waals surface area contributed by atoms with Gasteiger partial charge in [-0.05, 0) is 19.1 Å². The van der Waals surface area contributed by atoms with Crippen LogP contribution in [0.25, 0.3) is 0 Å². The van der Waals surface area contributed by atoms with Gasteiger partial charge in [0, 0.05) is 10.0 Å². The molecule has 1 heterocycles. The molecule has 0 aromatic heterocycles. The van der Waals surface area contributed by atoms with E-state index < -0.39 is 13.7 Å². The molecule has 1 aliphatic heterocycles. The third-order valence-corrected chi connectivity index (χ3v) is 4.21. The molecule has 2 amide bonds. The van der Waals surface area contributed by atoms with E-state index in [2.05, 4.69) is 31.1 Å². The first-order chi connectivity index (χ1) is 8.52. The number of amides is 2. The molecule has 0 saturated heterocycles. The Morgan fingerprint density at radius 2 is 2.06 bits per heavy atom. The minimum Gasteiger partial charge on any atom is -0.297 e. The Morgan fingerprint density at radius 3 is 2.67 bits per heavy atom. The van der Waals surface area contributed by atoms with Crippen LogP contribution in [-0.4, -0.2) is 18.5 Å². The topological polar surface area (TPSA) is 79.8 Å². The normalized spacial score (nSPS) is 23.0. The maximum absolute atomic E-state index is 12.1. The van der Waals surface area contributed by atoms with Crippen LogP contribution in [-0.2, 0) is 9.09 Å². The highest BCUT2D eigenvalue weighted by atomic mass is 79.9. The Bertz CT molecular complexity index is 544. The number of carbonyl (C=O) groups excluding carboxylic acids is 1. The summed E-state index contributed by atoms with van der Waals surface area (Å²) in [5.74, 6) is 0.239. The molecule has 0 spiro atoms. The SMILES string of the molecule is CCO[P@]1(=O)N=C(c2ccc(Br)cc2)NC(=O)N1. The standard InChI is InChI=1S/C10H11BrN3O3P/c1-2-17-18(16)13-9(12-10(15)14-18)7-3-5-8(11)6-4-7/h3-6H,2H2,1H3,(H2,12,13,14,15,16)/t18-/m1/s1. The molecule has 1 aromatic carbocycles. The minimum atomic E-state index is -3.49. The van der Waals surface area contributed by atoms with E-state index in [0.29, 0.717) is 5.56 Å². The average Bonchev–Trinajstić information content (AvgIpc) is 2.28. The Morgan fingerprint density at radius 1 is 1.39 bits per heavy atom. The zero-order chi connectivity index (χ0) is 13.2. The predicted molar refractivity (Wildman–Crippen MR) is 71.6 cm³/mol. The summed E-state index contributed by atoms with van der Waals surface area (Å²) in [6.45, 7) is 1.89. The van der Waals surface area contributed by atoms with Gasteiger partial charge in [0.1, 0.15) is 5.84 Å². The third-order valence-electron chi connectivity index (χ3n) is 2.13. The molecule has 1 aromatic rings. The Kier molecular flexibility index (Phi) is 3.85. The quantitative estimate of drug-likeness (QED) is 0.835. The van der Waals surface area contributed by atoms with Gasteiger partial charge in [0.15, 0.2) is 0 Å². The van der Waals surface area contributed by atoms with Gasteiger partial charge in [-0.15, -0.1) is 0 Å². The zero-order valence-electron chi connectivity index (χ0n) is 9.51. The van der Waals surface area contributed by atoms with Gasteiger partial charge in [-0.2, -0.15) is 4.76 Å². The number of hydrogen-bond acceptors (Lipinski definition) is 3. The molecule has 8 heteroatoms. The third kappa shape index (κ3) is 2.98. The van der Waals surface area contributed by atoms with Gasteiger partial charge in [-0.25, -0.2) is 14.4 Å². The van der Waals surface area contributed by atoms with Gasteiger partial charge in [-0.3, -0.25) is 9.84 Å². The molecule has 2 N–H and O–H groups in total. The molecule has 0 unspecified atom stereocenters. The van der Waals surface area contributed by atoms with Gasteiger partial charge in [0.05, 0.1) is 6.61 Å². The summed E-state index contributed by atoms with van der Waals surface area (Å²) in [6.07, 6.45) is 0. The lowest BCUT2D eigenvalue weighted by Crippen LogP contribution is -2.42. The van der Waals surface area contributed by atoms with Crippen molar-refractivity contribution in [2.24, 2.45) is 4.76 Å². The van der Waals surface area contributed by atoms with Crippen LogP contribution < -0.4 is 10.4 Å². The van der Waals surface area contributed by atoms with Crippen molar-refractivity contribution in [1.82, 2.24) is 10.4 Å². The molecule has 1 atom stereocenters. The number of benzene rings is 1. The molecule has 96 valence electrons. The van der Waals surface area contributed by atoms with Crippen molar-refractivity contribution in [2.45, 2.75) is 6.92 Å². The first-order valence-corrected chi connectivity index (χ1v) is 7.59. The van der Waals surface area contributed by atoms with E-state index in [-0.39, 0.29) is 12.4 Å². The minimum absolute atomic E-state index is 0.203. The fraction of sp³-hybridized carbons (Fsp3) is 0.200. The van der Waals surface area contributed by atoms with Gasteiger partial charge in [-0.1, -0.05) is 28.1 Å². The Hall–Kier alpha value is -1.17. The van der Waals surface area contributed by atoms with E-state index in [9.17, 15) is 9.36 Å². The van der Waals surface area contributed by atoms with Crippen molar-refractivity contribution < 1.29 is 13.9 Å². The van der Waals surface area contributed by atoms with Crippen molar-refractivity contribution in [3.8, 4) is 0 Å². The molecule has 2 rings (SSSR count). The van der Waals surface area contributed by atoms with Gasteiger partial charge >= 0.3 is 13.7 Å². The lowest BCUT2D eigenvalue weighted by molar-refractivity contribution is 0.246. The van der Waals surface area contributed by atoms with Gasteiger partial charge in [0.2, 0.25) is 0 Å². The summed E-state index contributed by atoms with van der Waals surface area (Å²) < 4.78 is 22.0. The number of nitrogens with zero attached hydrogens (tertiary/aromatic N) is 1. The highest BCUT2D eigenvalue weighted by molar-refractivity contribution is 9.10. The summed E-state index contributed by atoms with van der Waals surface area (Å²) in [5.41, 5.74) is 0.660. The number of carbonyl (C=O) groups is 1. The maximum Gasteiger partial charge on any atom is 0.418 e. The molecule has 18 heavy (non-hydrogen) atoms. The molecule has 0 radical (unpaired) electrons. The summed E-state index contributed by atoms with van der Waals surface area (Å²) in [4.78, 5) is 11.4. The number of amidine groups is 1. The fourth-order valence-electron chi connectivity index (χ4n) is 1.42. The van der Waals surface area contributed by atoms with Crippen molar-refractivity contribution in [3.05, 3.63) is 34.3 Å². The second-order valence-electron chi connectivity index (χ2n) is 3.46. The summed E-state index contributed by atoms with van der Waals surface area (Å²) in [5, 5.41) is 4.69. The first kappa shape index (κ1) is 13.3. The van der Waals surface area contributed by atoms with Crippen LogP contribution in [0, 0.1) is 0 Å². The van der Waals surface area contributed by atoms with Gasteiger partial charge < -0.3 is 0 Å². The van der Waals surface area contributed by atoms with E-state index in [0.717, 1.165) is 4.47 Å². The molecule has 0 fully saturated rings. The summed E-state index contributed by atoms with van der Waals surface area (Å²) in [6, 6.07) is 6.53. The summed E-state index contributed by atoms with van der Waals surface area (Å²) >= 11 is 3.31. The highest BCUT2D eigenvalue weighted by Crippen LogP contribution is 2.45. The van der Waals surface area contributed by atoms with Gasteiger partial charge in [0.25, 0.3) is 0 Å². The van der Waals surface area contributed by atoms with Crippen molar-refractivity contribution in [1.29, 1.82) is 0 Å². The van der Waals surface area contributed by atoms with Crippen LogP contribution in [0.1, 0.15) is 12.5 Å². The van der Waals surface area contributed by atoms with Crippen LogP contribution in [0.5, 0.6) is 0 Å². The lowest BCUT2D eigenvalue weighted by atomic mass is 10.2. The molecular formula is C10H11BrN3O3P. The Balaban J connectivity index is 2.37. The van der Waals surface area contributed by atoms with Crippen LogP contribution >= 0.6 is 23.6 Å². The molecule has 0 aliphatic carbocycles. The highest BCUT2D eigenvalue weighted by Gasteiger charge is 2.31. The van der Waals surface area contributed by atoms with E-state index >= 15 is 0 Å². The smallest absolute Gasteiger partial charge is 0.297 e. The van der Waals surface area contributed by atoms with E-state index in [4.69, 9.17) is 4.52 Å². The second kappa shape index (κ2) is 5.22. The average molecular weight is 332 g/mol. The lowest BCUT2D eigenvalue weighted by Gasteiger charge is -2.21. The Labute approximate surface area is 113 Å². The van der Waals surface area contributed by atoms with Crippen LogP contribution in [0.3, 0.4) is 0 Å². The van der Waals surface area contributed by atoms with Crippen molar-refractivity contribution in [2.75, 3.05) is 6.61 Å². The number of nitrogens with one attached hydrogen (secondary N) is 2. The van der Waals surface area contributed by atoms with E-state index in [1.54, 1.807) is 31.2 Å². The van der Waals surface area contributed by atoms with Crippen molar-refractivity contribution >= 4 is 35.5 Å². The number of halogens is 1. The first-order valence-electron chi connectivity index (χ1n) is 5.22. The number of rotatable bonds is 3. The zero-order valence-corrected chi connectivity index (χ0v) is 12.0. The maximum atomic E-state index is 12.1. The van der Waals surface area contributed by atoms with Crippen LogP contribution in [0.4, 0.5) is 4.79 Å². The van der Waals surface area contributed by atoms with Crippen LogP contribution in [0.2, 0.25) is 0 Å². The molecule has 0 saturated carbocycles. The second-order valence-corrected chi connectivity index (χ2v) is 6.10. The largest absolute Gasteiger partial charge is 0.418 e. The van der Waals surface area contributed by atoms with E-state index in [1.165, 1.54) is 0 Å².